The van der Waals surface area contributed by atoms with Crippen molar-refractivity contribution in [1.82, 2.24) is 9.97 Å². The molecule has 0 aliphatic rings. The van der Waals surface area contributed by atoms with Crippen LogP contribution in [0.5, 0.6) is 11.9 Å². The molecule has 3 rings (SSSR count). The predicted molar refractivity (Wildman–Crippen MR) is 137 cm³/mol. The van der Waals surface area contributed by atoms with E-state index in [0.717, 1.165) is 11.3 Å². The van der Waals surface area contributed by atoms with Crippen molar-refractivity contribution in [1.29, 1.82) is 0 Å². The van der Waals surface area contributed by atoms with E-state index in [2.05, 4.69) is 25.3 Å². The van der Waals surface area contributed by atoms with Crippen molar-refractivity contribution in [3.63, 3.8) is 0 Å². The highest BCUT2D eigenvalue weighted by atomic mass is 32.2. The number of rotatable bonds is 9. The monoisotopic (exact) mass is 537 g/mol. The van der Waals surface area contributed by atoms with Crippen LogP contribution in [0.4, 0.5) is 16.5 Å². The fourth-order valence-electron chi connectivity index (χ4n) is 2.80. The fourth-order valence-corrected chi connectivity index (χ4v) is 5.07. The summed E-state index contributed by atoms with van der Waals surface area (Å²) in [6.45, 7) is 1.98. The Labute approximate surface area is 211 Å². The zero-order valence-corrected chi connectivity index (χ0v) is 21.7. The zero-order valence-electron chi connectivity index (χ0n) is 19.2. The van der Waals surface area contributed by atoms with Gasteiger partial charge in [-0.05, 0) is 49.0 Å². The smallest absolute Gasteiger partial charge is 0.340 e. The lowest BCUT2D eigenvalue weighted by atomic mass is 10.2. The molecule has 0 bridgehead atoms. The van der Waals surface area contributed by atoms with E-state index >= 15 is 0 Å². The first kappa shape index (κ1) is 26.1. The molecule has 3 N–H and O–H groups in total. The summed E-state index contributed by atoms with van der Waals surface area (Å²) in [5.74, 6) is -0.334. The van der Waals surface area contributed by atoms with Gasteiger partial charge in [-0.3, -0.25) is 4.72 Å². The largest absolute Gasteiger partial charge is 0.481 e. The molecule has 11 nitrogen and oxygen atoms in total. The van der Waals surface area contributed by atoms with Crippen LogP contribution in [0.25, 0.3) is 0 Å². The van der Waals surface area contributed by atoms with Gasteiger partial charge in [0.05, 0.1) is 31.8 Å². The highest BCUT2D eigenvalue weighted by Crippen LogP contribution is 2.29. The number of nitrogens with one attached hydrogen (secondary N) is 3. The highest BCUT2D eigenvalue weighted by molar-refractivity contribution is 7.92. The van der Waals surface area contributed by atoms with Crippen LogP contribution < -0.4 is 24.8 Å². The van der Waals surface area contributed by atoms with Gasteiger partial charge in [-0.15, -0.1) is 11.3 Å². The number of hydrogen-bond donors (Lipinski definition) is 3. The third-order valence-corrected chi connectivity index (χ3v) is 7.27. The minimum absolute atomic E-state index is 0.00250. The lowest BCUT2D eigenvalue weighted by Gasteiger charge is -2.12. The molecule has 0 amide bonds. The van der Waals surface area contributed by atoms with Gasteiger partial charge in [-0.25, -0.2) is 13.2 Å². The molecule has 0 saturated carbocycles. The Bertz CT molecular complexity index is 1300. The Hall–Kier alpha value is -3.49. The summed E-state index contributed by atoms with van der Waals surface area (Å²) in [7, 11) is 0.109. The van der Waals surface area contributed by atoms with E-state index in [1.54, 1.807) is 18.2 Å². The molecule has 2 aromatic heterocycles. The van der Waals surface area contributed by atoms with Crippen molar-refractivity contribution in [2.75, 3.05) is 36.7 Å². The third kappa shape index (κ3) is 6.55. The highest BCUT2D eigenvalue weighted by Gasteiger charge is 2.19. The number of ether oxygens (including phenoxy) is 3. The molecule has 0 saturated heterocycles. The molecule has 0 spiro atoms. The second-order valence-corrected chi connectivity index (χ2v) is 10.0. The van der Waals surface area contributed by atoms with Gasteiger partial charge in [-0.1, -0.05) is 6.92 Å². The van der Waals surface area contributed by atoms with E-state index in [1.165, 1.54) is 50.9 Å². The lowest BCUT2D eigenvalue weighted by molar-refractivity contribution is 0.0602. The number of aryl methyl sites for hydroxylation is 1. The Balaban J connectivity index is 1.71. The Morgan fingerprint density at radius 1 is 1.06 bits per heavy atom. The third-order valence-electron chi connectivity index (χ3n) is 4.50. The van der Waals surface area contributed by atoms with Crippen LogP contribution in [-0.4, -0.2) is 50.8 Å². The van der Waals surface area contributed by atoms with Gasteiger partial charge in [-0.2, -0.15) is 9.97 Å². The van der Waals surface area contributed by atoms with Gasteiger partial charge >= 0.3 is 12.0 Å². The maximum Gasteiger partial charge on any atom is 0.340 e. The molecule has 186 valence electrons. The van der Waals surface area contributed by atoms with E-state index in [-0.39, 0.29) is 27.7 Å². The molecule has 3 aromatic rings. The number of nitrogens with zero attached hydrogens (tertiary/aromatic N) is 2. The number of benzene rings is 1. The van der Waals surface area contributed by atoms with Crippen LogP contribution in [0.3, 0.4) is 0 Å². The van der Waals surface area contributed by atoms with Crippen molar-refractivity contribution in [3.8, 4) is 11.9 Å². The minimum atomic E-state index is -3.95. The molecular formula is C21H23N5O6S3. The number of anilines is 3. The average Bonchev–Trinajstić information content (AvgIpc) is 3.25. The first-order valence-electron chi connectivity index (χ1n) is 10.1. The van der Waals surface area contributed by atoms with Crippen LogP contribution in [0.2, 0.25) is 0 Å². The summed E-state index contributed by atoms with van der Waals surface area (Å²) < 4.78 is 42.7. The number of hydrogen-bond acceptors (Lipinski definition) is 10. The van der Waals surface area contributed by atoms with Crippen molar-refractivity contribution in [2.24, 2.45) is 0 Å². The number of esters is 1. The summed E-state index contributed by atoms with van der Waals surface area (Å²) in [4.78, 5) is 20.9. The molecule has 0 aliphatic carbocycles. The topological polar surface area (TPSA) is 141 Å². The summed E-state index contributed by atoms with van der Waals surface area (Å²) in [6, 6.07) is 8.96. The zero-order chi connectivity index (χ0) is 25.6. The maximum absolute atomic E-state index is 12.8. The van der Waals surface area contributed by atoms with Crippen molar-refractivity contribution < 1.29 is 27.4 Å². The summed E-state index contributed by atoms with van der Waals surface area (Å²) in [5.41, 5.74) is 0.933. The summed E-state index contributed by atoms with van der Waals surface area (Å²) in [5, 5.41) is 6.75. The van der Waals surface area contributed by atoms with Crippen LogP contribution >= 0.6 is 23.6 Å². The van der Waals surface area contributed by atoms with Gasteiger partial charge < -0.3 is 24.8 Å². The molecular weight excluding hydrogens is 514 g/mol. The standard InChI is InChI=1S/C21H23N5O6S3/c1-5-13-10-15(19(27)31-3)18(34-13)25-21(33)22-12-6-8-14(9-7-12)35(28,29)26-16-11-17(30-2)24-20(23-16)32-4/h6-11H,5H2,1-4H3,(H2,22,25,33)(H,23,24,26). The first-order chi connectivity index (χ1) is 16.7. The maximum atomic E-state index is 12.8. The van der Waals surface area contributed by atoms with Gasteiger partial charge in [0, 0.05) is 16.6 Å². The SMILES string of the molecule is CCc1cc(C(=O)OC)c(NC(=S)Nc2ccc(S(=O)(=O)Nc3cc(OC)nc(OC)n3)cc2)s1. The van der Waals surface area contributed by atoms with E-state index in [9.17, 15) is 13.2 Å². The van der Waals surface area contributed by atoms with E-state index in [0.29, 0.717) is 16.3 Å². The second kappa shape index (κ2) is 11.3. The Morgan fingerprint density at radius 3 is 2.37 bits per heavy atom. The Morgan fingerprint density at radius 2 is 1.77 bits per heavy atom. The van der Waals surface area contributed by atoms with Crippen molar-refractivity contribution in [3.05, 3.63) is 46.8 Å². The van der Waals surface area contributed by atoms with Crippen molar-refractivity contribution in [2.45, 2.75) is 18.2 Å². The molecule has 1 aromatic carbocycles. The van der Waals surface area contributed by atoms with Crippen molar-refractivity contribution >= 4 is 61.2 Å². The molecule has 35 heavy (non-hydrogen) atoms. The normalized spacial score (nSPS) is 10.9. The number of methoxy groups -OCH3 is 3. The van der Waals surface area contributed by atoms with Crippen LogP contribution in [0.1, 0.15) is 22.2 Å². The second-order valence-electron chi connectivity index (χ2n) is 6.79. The van der Waals surface area contributed by atoms with E-state index < -0.39 is 16.0 Å². The van der Waals surface area contributed by atoms with E-state index in [4.69, 9.17) is 26.4 Å². The van der Waals surface area contributed by atoms with E-state index in [1.807, 2.05) is 6.92 Å². The predicted octanol–water partition coefficient (Wildman–Crippen LogP) is 3.51. The lowest BCUT2D eigenvalue weighted by Crippen LogP contribution is -2.20. The molecule has 0 fully saturated rings. The fraction of sp³-hybridized carbons (Fsp3) is 0.238. The van der Waals surface area contributed by atoms with Gasteiger partial charge in [0.1, 0.15) is 5.00 Å². The summed E-state index contributed by atoms with van der Waals surface area (Å²) >= 11 is 6.75. The number of aromatic nitrogens is 2. The number of thiophene rings is 1. The van der Waals surface area contributed by atoms with Gasteiger partial charge in [0.2, 0.25) is 5.88 Å². The molecule has 0 unspecified atom stereocenters. The number of carbonyl (C=O) groups is 1. The first-order valence-corrected chi connectivity index (χ1v) is 12.8. The minimum Gasteiger partial charge on any atom is -0.481 e. The number of thiocarbonyl (C=S) groups is 1. The molecule has 0 radical (unpaired) electrons. The molecule has 2 heterocycles. The van der Waals surface area contributed by atoms with Gasteiger partial charge in [0.15, 0.2) is 10.9 Å². The molecule has 0 atom stereocenters. The molecule has 14 heteroatoms. The van der Waals surface area contributed by atoms with Crippen LogP contribution in [0.15, 0.2) is 41.3 Å². The van der Waals surface area contributed by atoms with Crippen LogP contribution in [-0.2, 0) is 21.2 Å². The number of carbonyl (C=O) groups excluding carboxylic acids is 1. The summed E-state index contributed by atoms with van der Waals surface area (Å²) in [6.07, 6.45) is 0.759. The molecule has 0 aliphatic heterocycles. The van der Waals surface area contributed by atoms with Crippen LogP contribution in [0, 0.1) is 0 Å². The Kier molecular flexibility index (Phi) is 8.43. The average molecular weight is 538 g/mol. The quantitative estimate of drug-likeness (QED) is 0.273. The number of sulfonamides is 1. The van der Waals surface area contributed by atoms with Gasteiger partial charge in [0.25, 0.3) is 10.0 Å².